The van der Waals surface area contributed by atoms with Gasteiger partial charge in [0, 0.05) is 13.0 Å². The molecule has 2 aliphatic rings. The summed E-state index contributed by atoms with van der Waals surface area (Å²) in [5.41, 5.74) is 5.67. The summed E-state index contributed by atoms with van der Waals surface area (Å²) in [6.07, 6.45) is 6.41. The number of rotatable bonds is 6. The summed E-state index contributed by atoms with van der Waals surface area (Å²) in [5, 5.41) is 0. The van der Waals surface area contributed by atoms with Gasteiger partial charge in [-0.15, -0.1) is 0 Å². The van der Waals surface area contributed by atoms with Crippen molar-refractivity contribution in [2.45, 2.75) is 64.5 Å². The molecule has 4 heteroatoms. The van der Waals surface area contributed by atoms with E-state index < -0.39 is 0 Å². The van der Waals surface area contributed by atoms with E-state index in [1.807, 2.05) is 0 Å². The lowest BCUT2D eigenvalue weighted by Crippen LogP contribution is -2.51. The normalized spacial score (nSPS) is 27.7. The first kappa shape index (κ1) is 15.8. The van der Waals surface area contributed by atoms with Crippen LogP contribution in [0.1, 0.15) is 52.4 Å². The molecule has 20 heavy (non-hydrogen) atoms. The lowest BCUT2D eigenvalue weighted by molar-refractivity contribution is -0.144. The molecule has 2 rings (SSSR count). The Morgan fingerprint density at radius 1 is 1.35 bits per heavy atom. The van der Waals surface area contributed by atoms with E-state index in [-0.39, 0.29) is 0 Å². The minimum Gasteiger partial charge on any atom is -0.374 e. The zero-order valence-corrected chi connectivity index (χ0v) is 13.0. The molecule has 1 aliphatic carbocycles. The second kappa shape index (κ2) is 7.41. The molecule has 0 aromatic heterocycles. The van der Waals surface area contributed by atoms with Crippen LogP contribution in [-0.4, -0.2) is 42.6 Å². The molecule has 3 atom stereocenters. The summed E-state index contributed by atoms with van der Waals surface area (Å²) in [6, 6.07) is 0.350. The highest BCUT2D eigenvalue weighted by molar-refractivity contribution is 5.76. The SMILES string of the molecule is CC(C)C(CCN)CCC(=O)N1CCOC2CCCC21. The topological polar surface area (TPSA) is 55.6 Å². The Balaban J connectivity index is 1.84. The maximum atomic E-state index is 12.5. The van der Waals surface area contributed by atoms with Crippen LogP contribution in [0.4, 0.5) is 0 Å². The Labute approximate surface area is 123 Å². The van der Waals surface area contributed by atoms with Crippen LogP contribution in [0.3, 0.4) is 0 Å². The van der Waals surface area contributed by atoms with Crippen molar-refractivity contribution in [3.05, 3.63) is 0 Å². The molecule has 2 fully saturated rings. The highest BCUT2D eigenvalue weighted by Crippen LogP contribution is 2.30. The van der Waals surface area contributed by atoms with Crippen molar-refractivity contribution in [3.8, 4) is 0 Å². The number of fused-ring (bicyclic) bond motifs is 1. The van der Waals surface area contributed by atoms with E-state index in [0.29, 0.717) is 42.9 Å². The van der Waals surface area contributed by atoms with Gasteiger partial charge in [-0.3, -0.25) is 4.79 Å². The number of nitrogens with zero attached hydrogens (tertiary/aromatic N) is 1. The second-order valence-corrected chi connectivity index (χ2v) is 6.61. The van der Waals surface area contributed by atoms with Crippen molar-refractivity contribution in [1.82, 2.24) is 4.90 Å². The van der Waals surface area contributed by atoms with Crippen molar-refractivity contribution in [1.29, 1.82) is 0 Å². The Bertz CT molecular complexity index is 320. The van der Waals surface area contributed by atoms with Crippen molar-refractivity contribution in [2.75, 3.05) is 19.7 Å². The summed E-state index contributed by atoms with van der Waals surface area (Å²) in [7, 11) is 0. The Kier molecular flexibility index (Phi) is 5.85. The first-order valence-electron chi connectivity index (χ1n) is 8.24. The smallest absolute Gasteiger partial charge is 0.222 e. The number of nitrogens with two attached hydrogens (primary N) is 1. The summed E-state index contributed by atoms with van der Waals surface area (Å²) < 4.78 is 5.77. The fourth-order valence-corrected chi connectivity index (χ4v) is 3.71. The van der Waals surface area contributed by atoms with Gasteiger partial charge in [-0.1, -0.05) is 13.8 Å². The van der Waals surface area contributed by atoms with Gasteiger partial charge in [0.05, 0.1) is 18.8 Å². The van der Waals surface area contributed by atoms with Gasteiger partial charge in [-0.2, -0.15) is 0 Å². The van der Waals surface area contributed by atoms with Gasteiger partial charge >= 0.3 is 0 Å². The fourth-order valence-electron chi connectivity index (χ4n) is 3.71. The van der Waals surface area contributed by atoms with Crippen LogP contribution in [0.2, 0.25) is 0 Å². The Morgan fingerprint density at radius 2 is 2.15 bits per heavy atom. The molecule has 0 radical (unpaired) electrons. The predicted molar refractivity (Wildman–Crippen MR) is 80.3 cm³/mol. The van der Waals surface area contributed by atoms with E-state index >= 15 is 0 Å². The molecule has 1 saturated carbocycles. The lowest BCUT2D eigenvalue weighted by atomic mass is 9.88. The molecule has 0 bridgehead atoms. The maximum absolute atomic E-state index is 12.5. The fraction of sp³-hybridized carbons (Fsp3) is 0.938. The zero-order chi connectivity index (χ0) is 14.5. The quantitative estimate of drug-likeness (QED) is 0.812. The summed E-state index contributed by atoms with van der Waals surface area (Å²) in [4.78, 5) is 14.6. The van der Waals surface area contributed by atoms with E-state index in [1.54, 1.807) is 0 Å². The van der Waals surface area contributed by atoms with Crippen molar-refractivity contribution >= 4 is 5.91 Å². The number of hydrogen-bond donors (Lipinski definition) is 1. The van der Waals surface area contributed by atoms with Crippen LogP contribution >= 0.6 is 0 Å². The second-order valence-electron chi connectivity index (χ2n) is 6.61. The van der Waals surface area contributed by atoms with Crippen LogP contribution in [0.25, 0.3) is 0 Å². The number of carbonyl (C=O) groups excluding carboxylic acids is 1. The summed E-state index contributed by atoms with van der Waals surface area (Å²) in [6.45, 7) is 6.67. The third-order valence-electron chi connectivity index (χ3n) is 5.01. The average molecular weight is 282 g/mol. The minimum absolute atomic E-state index is 0.303. The molecule has 2 N–H and O–H groups in total. The van der Waals surface area contributed by atoms with Gasteiger partial charge in [0.2, 0.25) is 5.91 Å². The third-order valence-corrected chi connectivity index (χ3v) is 5.01. The van der Waals surface area contributed by atoms with Crippen LogP contribution in [0.5, 0.6) is 0 Å². The molecule has 1 heterocycles. The minimum atomic E-state index is 0.303. The largest absolute Gasteiger partial charge is 0.374 e. The standard InChI is InChI=1S/C16H30N2O2/c1-12(2)13(8-9-17)6-7-16(19)18-10-11-20-15-5-3-4-14(15)18/h12-15H,3-11,17H2,1-2H3. The molecule has 1 aliphatic heterocycles. The van der Waals surface area contributed by atoms with E-state index in [0.717, 1.165) is 38.8 Å². The molecule has 0 spiro atoms. The van der Waals surface area contributed by atoms with Crippen LogP contribution in [0.15, 0.2) is 0 Å². The highest BCUT2D eigenvalue weighted by atomic mass is 16.5. The maximum Gasteiger partial charge on any atom is 0.222 e. The summed E-state index contributed by atoms with van der Waals surface area (Å²) in [5.74, 6) is 1.51. The Hall–Kier alpha value is -0.610. The zero-order valence-electron chi connectivity index (χ0n) is 13.0. The predicted octanol–water partition coefficient (Wildman–Crippen LogP) is 2.17. The number of carbonyl (C=O) groups is 1. The van der Waals surface area contributed by atoms with Crippen molar-refractivity contribution in [2.24, 2.45) is 17.6 Å². The molecule has 4 nitrogen and oxygen atoms in total. The van der Waals surface area contributed by atoms with Gasteiger partial charge in [-0.25, -0.2) is 0 Å². The summed E-state index contributed by atoms with van der Waals surface area (Å²) >= 11 is 0. The highest BCUT2D eigenvalue weighted by Gasteiger charge is 2.38. The van der Waals surface area contributed by atoms with E-state index in [4.69, 9.17) is 10.5 Å². The number of hydrogen-bond acceptors (Lipinski definition) is 3. The molecular formula is C16H30N2O2. The molecule has 0 aromatic rings. The van der Waals surface area contributed by atoms with Crippen LogP contribution < -0.4 is 5.73 Å². The van der Waals surface area contributed by atoms with Crippen LogP contribution in [-0.2, 0) is 9.53 Å². The number of morpholine rings is 1. The van der Waals surface area contributed by atoms with Crippen molar-refractivity contribution in [3.63, 3.8) is 0 Å². The van der Waals surface area contributed by atoms with E-state index in [1.165, 1.54) is 6.42 Å². The number of amides is 1. The molecule has 116 valence electrons. The first-order chi connectivity index (χ1) is 9.63. The van der Waals surface area contributed by atoms with Gasteiger partial charge < -0.3 is 15.4 Å². The lowest BCUT2D eigenvalue weighted by Gasteiger charge is -2.38. The molecule has 3 unspecified atom stereocenters. The van der Waals surface area contributed by atoms with E-state index in [9.17, 15) is 4.79 Å². The number of ether oxygens (including phenoxy) is 1. The van der Waals surface area contributed by atoms with Gasteiger partial charge in [0.25, 0.3) is 0 Å². The Morgan fingerprint density at radius 3 is 2.85 bits per heavy atom. The molecular weight excluding hydrogens is 252 g/mol. The van der Waals surface area contributed by atoms with E-state index in [2.05, 4.69) is 18.7 Å². The van der Waals surface area contributed by atoms with Crippen LogP contribution in [0, 0.1) is 11.8 Å². The first-order valence-corrected chi connectivity index (χ1v) is 8.24. The van der Waals surface area contributed by atoms with Gasteiger partial charge in [0.15, 0.2) is 0 Å². The average Bonchev–Trinajstić information content (AvgIpc) is 2.90. The third kappa shape index (κ3) is 3.73. The van der Waals surface area contributed by atoms with Gasteiger partial charge in [-0.05, 0) is 50.5 Å². The molecule has 1 amide bonds. The molecule has 0 aromatic carbocycles. The van der Waals surface area contributed by atoms with Gasteiger partial charge in [0.1, 0.15) is 0 Å². The monoisotopic (exact) mass is 282 g/mol. The van der Waals surface area contributed by atoms with Crippen molar-refractivity contribution < 1.29 is 9.53 Å². The molecule has 1 saturated heterocycles.